The monoisotopic (exact) mass is 385 g/mol. The van der Waals surface area contributed by atoms with Crippen molar-refractivity contribution in [3.8, 4) is 0 Å². The van der Waals surface area contributed by atoms with Crippen LogP contribution >= 0.6 is 15.9 Å². The van der Waals surface area contributed by atoms with Crippen molar-refractivity contribution >= 4 is 41.7 Å². The highest BCUT2D eigenvalue weighted by atomic mass is 79.9. The summed E-state index contributed by atoms with van der Waals surface area (Å²) in [6.45, 7) is 15.2. The number of halogens is 1. The van der Waals surface area contributed by atoms with Crippen molar-refractivity contribution in [3.05, 3.63) is 12.3 Å². The van der Waals surface area contributed by atoms with Crippen molar-refractivity contribution in [2.24, 2.45) is 4.99 Å². The van der Waals surface area contributed by atoms with Crippen molar-refractivity contribution in [1.29, 1.82) is 0 Å². The predicted octanol–water partition coefficient (Wildman–Crippen LogP) is 4.84. The van der Waals surface area contributed by atoms with E-state index in [2.05, 4.69) is 83.1 Å². The summed E-state index contributed by atoms with van der Waals surface area (Å²) >= 11 is 3.70. The zero-order valence-electron chi connectivity index (χ0n) is 14.6. The minimum absolute atomic E-state index is 0.0280. The summed E-state index contributed by atoms with van der Waals surface area (Å²) in [6, 6.07) is 3.32. The van der Waals surface area contributed by atoms with Crippen LogP contribution in [0.5, 0.6) is 0 Å². The van der Waals surface area contributed by atoms with Gasteiger partial charge < -0.3 is 14.2 Å². The Kier molecular flexibility index (Phi) is 5.24. The second kappa shape index (κ2) is 6.49. The molecule has 2 heterocycles. The van der Waals surface area contributed by atoms with Crippen molar-refractivity contribution in [2.75, 3.05) is 11.5 Å². The molecule has 2 rings (SSSR count). The van der Waals surface area contributed by atoms with E-state index in [1.165, 1.54) is 6.04 Å². The van der Waals surface area contributed by atoms with E-state index in [9.17, 15) is 0 Å². The maximum atomic E-state index is 5.86. The number of ether oxygens (including phenoxy) is 1. The van der Waals surface area contributed by atoms with E-state index in [-0.39, 0.29) is 10.5 Å². The lowest BCUT2D eigenvalue weighted by Crippen LogP contribution is -2.47. The lowest BCUT2D eigenvalue weighted by atomic mass is 10.0. The quantitative estimate of drug-likeness (QED) is 0.314. The lowest BCUT2D eigenvalue weighted by molar-refractivity contribution is 0.0886. The fourth-order valence-corrected chi connectivity index (χ4v) is 4.20. The third kappa shape index (κ3) is 4.23. The van der Waals surface area contributed by atoms with Crippen LogP contribution in [0.15, 0.2) is 17.3 Å². The third-order valence-electron chi connectivity index (χ3n) is 3.69. The van der Waals surface area contributed by atoms with Gasteiger partial charge in [0.25, 0.3) is 0 Å². The first kappa shape index (κ1) is 17.8. The van der Waals surface area contributed by atoms with Gasteiger partial charge in [-0.15, -0.1) is 0 Å². The number of rotatable bonds is 5. The Morgan fingerprint density at radius 3 is 2.59 bits per heavy atom. The van der Waals surface area contributed by atoms with Crippen LogP contribution in [0, 0.1) is 0 Å². The molecule has 0 saturated heterocycles. The second-order valence-corrected chi connectivity index (χ2v) is 14.6. The third-order valence-corrected chi connectivity index (χ3v) is 6.04. The Labute approximate surface area is 143 Å². The Morgan fingerprint density at radius 2 is 2.00 bits per heavy atom. The van der Waals surface area contributed by atoms with Crippen LogP contribution in [0.1, 0.15) is 20.8 Å². The van der Waals surface area contributed by atoms with Gasteiger partial charge in [0.05, 0.1) is 5.69 Å². The molecular weight excluding hydrogens is 358 g/mol. The summed E-state index contributed by atoms with van der Waals surface area (Å²) in [5, 5.41) is 0. The van der Waals surface area contributed by atoms with Gasteiger partial charge in [-0.25, -0.2) is 4.99 Å². The van der Waals surface area contributed by atoms with Gasteiger partial charge in [-0.05, 0) is 32.9 Å². The first-order valence-corrected chi connectivity index (χ1v) is 12.5. The van der Waals surface area contributed by atoms with Gasteiger partial charge in [0, 0.05) is 32.6 Å². The second-order valence-electron chi connectivity index (χ2n) is 8.03. The van der Waals surface area contributed by atoms with Crippen LogP contribution < -0.4 is 4.90 Å². The van der Waals surface area contributed by atoms with E-state index in [1.807, 2.05) is 6.21 Å². The SMILES string of the molecule is CC(C)(C)N1c2ccn(COCC[Si](C)(C)C)c2N=CC1Br. The van der Waals surface area contributed by atoms with Crippen molar-refractivity contribution in [3.63, 3.8) is 0 Å². The van der Waals surface area contributed by atoms with Crippen LogP contribution in [0.3, 0.4) is 0 Å². The first-order chi connectivity index (χ1) is 10.1. The Morgan fingerprint density at radius 1 is 1.32 bits per heavy atom. The summed E-state index contributed by atoms with van der Waals surface area (Å²) in [4.78, 5) is 7.07. The Balaban J connectivity index is 2.08. The maximum absolute atomic E-state index is 5.86. The van der Waals surface area contributed by atoms with Crippen LogP contribution in [0.4, 0.5) is 11.5 Å². The normalized spacial score (nSPS) is 18.7. The number of fused-ring (bicyclic) bond motifs is 1. The highest BCUT2D eigenvalue weighted by molar-refractivity contribution is 9.10. The fourth-order valence-electron chi connectivity index (χ4n) is 2.49. The highest BCUT2D eigenvalue weighted by Crippen LogP contribution is 2.39. The minimum atomic E-state index is -1.03. The summed E-state index contributed by atoms with van der Waals surface area (Å²) < 4.78 is 7.95. The fraction of sp³-hybridized carbons (Fsp3) is 0.688. The van der Waals surface area contributed by atoms with Crippen LogP contribution in [-0.4, -0.2) is 36.0 Å². The first-order valence-electron chi connectivity index (χ1n) is 7.84. The zero-order valence-corrected chi connectivity index (χ0v) is 17.1. The van der Waals surface area contributed by atoms with Gasteiger partial charge >= 0.3 is 0 Å². The molecule has 1 aromatic heterocycles. The van der Waals surface area contributed by atoms with Crippen LogP contribution in [0.25, 0.3) is 0 Å². The number of nitrogens with zero attached hydrogens (tertiary/aromatic N) is 3. The molecule has 0 fully saturated rings. The molecule has 0 bridgehead atoms. The average molecular weight is 386 g/mol. The van der Waals surface area contributed by atoms with Gasteiger partial charge in [0.15, 0.2) is 5.82 Å². The lowest BCUT2D eigenvalue weighted by Gasteiger charge is -2.41. The molecule has 0 saturated carbocycles. The summed E-state index contributed by atoms with van der Waals surface area (Å²) in [7, 11) is -1.03. The number of aromatic nitrogens is 1. The van der Waals surface area contributed by atoms with Gasteiger partial charge in [-0.1, -0.05) is 35.6 Å². The molecule has 0 N–H and O–H groups in total. The molecule has 1 aromatic rings. The molecule has 1 aliphatic heterocycles. The van der Waals surface area contributed by atoms with E-state index < -0.39 is 8.07 Å². The Hall–Kier alpha value is -0.593. The van der Waals surface area contributed by atoms with E-state index in [4.69, 9.17) is 4.74 Å². The highest BCUT2D eigenvalue weighted by Gasteiger charge is 2.32. The van der Waals surface area contributed by atoms with Gasteiger partial charge in [0.2, 0.25) is 0 Å². The molecule has 0 aromatic carbocycles. The van der Waals surface area contributed by atoms with Crippen molar-refractivity contribution in [2.45, 2.75) is 63.7 Å². The number of hydrogen-bond donors (Lipinski definition) is 0. The van der Waals surface area contributed by atoms with E-state index >= 15 is 0 Å². The largest absolute Gasteiger partial charge is 0.361 e. The number of anilines is 1. The molecule has 1 atom stereocenters. The van der Waals surface area contributed by atoms with Crippen LogP contribution in [-0.2, 0) is 11.5 Å². The van der Waals surface area contributed by atoms with Crippen molar-refractivity contribution in [1.82, 2.24) is 4.57 Å². The number of aliphatic imine (C=N–C) groups is 1. The minimum Gasteiger partial charge on any atom is -0.361 e. The molecule has 0 radical (unpaired) electrons. The van der Waals surface area contributed by atoms with Crippen LogP contribution in [0.2, 0.25) is 25.7 Å². The molecule has 22 heavy (non-hydrogen) atoms. The predicted molar refractivity (Wildman–Crippen MR) is 102 cm³/mol. The van der Waals surface area contributed by atoms with Gasteiger partial charge in [-0.3, -0.25) is 0 Å². The molecule has 0 aliphatic carbocycles. The zero-order chi connectivity index (χ0) is 16.5. The van der Waals surface area contributed by atoms with E-state index in [0.29, 0.717) is 6.73 Å². The Bertz CT molecular complexity index is 543. The van der Waals surface area contributed by atoms with E-state index in [0.717, 1.165) is 18.1 Å². The smallest absolute Gasteiger partial charge is 0.157 e. The number of alkyl halides is 1. The standard InChI is InChI=1S/C16H28BrN3OSi/c1-16(2,3)20-13-7-8-19(15(13)18-11-14(20)17)12-21-9-10-22(4,5)6/h7-8,11,14H,9-10,12H2,1-6H3. The van der Waals surface area contributed by atoms with Gasteiger partial charge in [-0.2, -0.15) is 0 Å². The molecule has 0 amide bonds. The maximum Gasteiger partial charge on any atom is 0.157 e. The topological polar surface area (TPSA) is 29.8 Å². The molecule has 0 spiro atoms. The molecule has 6 heteroatoms. The number of hydrogen-bond acceptors (Lipinski definition) is 3. The van der Waals surface area contributed by atoms with E-state index in [1.54, 1.807) is 0 Å². The summed E-state index contributed by atoms with van der Waals surface area (Å²) in [5.74, 6) is 0.985. The molecule has 124 valence electrons. The summed E-state index contributed by atoms with van der Waals surface area (Å²) in [6.07, 6.45) is 4.02. The van der Waals surface area contributed by atoms with Crippen molar-refractivity contribution < 1.29 is 4.74 Å². The average Bonchev–Trinajstić information content (AvgIpc) is 2.74. The molecule has 1 aliphatic rings. The molecule has 1 unspecified atom stereocenters. The molecule has 4 nitrogen and oxygen atoms in total. The summed E-state index contributed by atoms with van der Waals surface area (Å²) in [5.41, 5.74) is 1.19. The van der Waals surface area contributed by atoms with Gasteiger partial charge in [0.1, 0.15) is 11.7 Å². The molecular formula is C16H28BrN3OSi.